The van der Waals surface area contributed by atoms with Gasteiger partial charge < -0.3 is 14.2 Å². The maximum atomic E-state index is 13.5. The quantitative estimate of drug-likeness (QED) is 0.121. The van der Waals surface area contributed by atoms with Crippen molar-refractivity contribution >= 4 is 0 Å². The predicted molar refractivity (Wildman–Crippen MR) is 448 cm³/mol. The Labute approximate surface area is 652 Å². The lowest BCUT2D eigenvalue weighted by molar-refractivity contribution is -0.119. The van der Waals surface area contributed by atoms with Crippen LogP contribution >= 0.6 is 0 Å². The number of hydrogen-bond donors (Lipinski definition) is 0. The van der Waals surface area contributed by atoms with Crippen LogP contribution in [0.25, 0.3) is 0 Å². The van der Waals surface area contributed by atoms with Crippen LogP contribution in [0.15, 0.2) is 0 Å². The lowest BCUT2D eigenvalue weighted by atomic mass is 9.74. The van der Waals surface area contributed by atoms with Crippen LogP contribution in [0.4, 0.5) is 48.3 Å². The highest BCUT2D eigenvalue weighted by Crippen LogP contribution is 2.48. The standard InChI is InChI=1S/C9H19FO.C9H19F.C9H18O.C9H20O.C8H16F2.C8H15F.2C8H17F.C8H18.2C7H14F2.CH4/c1-8(2,3)6-9(4,10)7-11-5;1-6-9(5,10)7-8(2,3)4;1-8(2,3)5-9(4)6-10-7-9;1-8(7-10-5)6-9(2,3)4;1-7(2,3)5-8(4,10)6-9;1-7(2,3)6-8(9)4-5-8;1-7(6-9)5-8(2,3)4;1-7(2,3)6-8(4,5)9;1-7(2)6-8(3,4)5;1-7(2,3)4-6(9)5-8;1-6(2,3)5-7(4,8)9;/h6-7H2,1-5H3;6-7H2,1-5H3;5-7H2,1-4H3;8H,6-7H2,1-5H3;5-6H2,1-4H3;4-6H2,1-3H3;7H,5-6H2,1-4H3;6H2,1-5H3;7H,6H2,1-5H3;6H,4-5H2,1-3H3;5H2,1-4H3;1H4. The Hall–Kier alpha value is -0.890. The molecule has 2 fully saturated rings. The van der Waals surface area contributed by atoms with Gasteiger partial charge in [0.15, 0.2) is 0 Å². The first-order valence-electron chi connectivity index (χ1n) is 39.5. The fourth-order valence-corrected chi connectivity index (χ4v) is 13.6. The molecule has 105 heavy (non-hydrogen) atoms. The molecule has 650 valence electrons. The summed E-state index contributed by atoms with van der Waals surface area (Å²) in [4.78, 5) is 0. The molecule has 14 heteroatoms. The molecule has 0 amide bonds. The lowest BCUT2D eigenvalue weighted by Gasteiger charge is -2.42. The topological polar surface area (TPSA) is 27.7 Å². The van der Waals surface area contributed by atoms with Gasteiger partial charge in [-0.3, -0.25) is 4.39 Å². The Morgan fingerprint density at radius 2 is 0.695 bits per heavy atom. The molecular weight excluding hydrogens is 1350 g/mol. The van der Waals surface area contributed by atoms with Crippen LogP contribution in [0.1, 0.15) is 409 Å². The van der Waals surface area contributed by atoms with Crippen molar-refractivity contribution in [1.82, 2.24) is 0 Å². The minimum atomic E-state index is -2.52. The molecule has 0 aromatic carbocycles. The summed E-state index contributed by atoms with van der Waals surface area (Å²) in [6.45, 7) is 91.2. The SMILES string of the molecule is C.CC(C)(C)CC(C)(C)F.CC(C)(C)CC(C)(F)CF.CC(C)(C)CC(C)(F)F.CC(C)(C)CC(F)CF.CC(C)(C)CC1(C)COC1.CC(C)(C)CC1(F)CC1.CC(C)CC(C)(C)C.CC(CF)CC(C)(C)C.CCC(C)(F)CC(C)(C)C.COCC(C)(F)CC(C)(C)C.COCC(C)CC(C)(C)C. The second-order valence-corrected chi connectivity index (χ2v) is 47.1. The summed E-state index contributed by atoms with van der Waals surface area (Å²) in [5.41, 5.74) is -3.46. The van der Waals surface area contributed by atoms with E-state index in [1.807, 2.05) is 118 Å². The number of rotatable bonds is 19. The molecule has 1 heterocycles. The van der Waals surface area contributed by atoms with Crippen molar-refractivity contribution < 1.29 is 62.5 Å². The number of hydrogen-bond acceptors (Lipinski definition) is 3. The van der Waals surface area contributed by atoms with Gasteiger partial charge >= 0.3 is 0 Å². The summed E-state index contributed by atoms with van der Waals surface area (Å²) in [7, 11) is 3.29. The third kappa shape index (κ3) is 127. The molecule has 0 N–H and O–H groups in total. The van der Waals surface area contributed by atoms with Gasteiger partial charge in [0, 0.05) is 32.7 Å². The van der Waals surface area contributed by atoms with Crippen molar-refractivity contribution in [2.24, 2.45) is 82.7 Å². The zero-order chi connectivity index (χ0) is 86.3. The summed E-state index contributed by atoms with van der Waals surface area (Å²) < 4.78 is 153. The van der Waals surface area contributed by atoms with Crippen LogP contribution in [0.3, 0.4) is 0 Å². The van der Waals surface area contributed by atoms with E-state index in [0.29, 0.717) is 59.7 Å². The molecule has 0 aromatic rings. The molecule has 0 radical (unpaired) electrons. The number of ether oxygens (including phenoxy) is 3. The summed E-state index contributed by atoms with van der Waals surface area (Å²) in [5.74, 6) is -0.761. The molecule has 0 bridgehead atoms. The first kappa shape index (κ1) is 125. The van der Waals surface area contributed by atoms with Crippen LogP contribution in [0.2, 0.25) is 0 Å². The number of halogens is 11. The second kappa shape index (κ2) is 52.5. The molecule has 1 saturated carbocycles. The molecular formula is C91H191F11O3. The van der Waals surface area contributed by atoms with E-state index in [0.717, 1.165) is 58.3 Å². The average Bonchev–Trinajstić information content (AvgIpc) is 1.79. The monoisotopic (exact) mass is 1540 g/mol. The van der Waals surface area contributed by atoms with Crippen molar-refractivity contribution in [2.45, 2.75) is 449 Å². The number of methoxy groups -OCH3 is 2. The van der Waals surface area contributed by atoms with Crippen molar-refractivity contribution in [3.63, 3.8) is 0 Å². The highest BCUT2D eigenvalue weighted by molar-refractivity contribution is 4.96. The van der Waals surface area contributed by atoms with Gasteiger partial charge in [0.1, 0.15) is 47.9 Å². The third-order valence-electron chi connectivity index (χ3n) is 14.1. The highest BCUT2D eigenvalue weighted by Gasteiger charge is 2.45. The Balaban J connectivity index is -0.000000118. The third-order valence-corrected chi connectivity index (χ3v) is 14.1. The van der Waals surface area contributed by atoms with Gasteiger partial charge in [-0.15, -0.1) is 0 Å². The van der Waals surface area contributed by atoms with Crippen LogP contribution in [-0.4, -0.2) is 101 Å². The largest absolute Gasteiger partial charge is 0.384 e. The van der Waals surface area contributed by atoms with E-state index in [2.05, 4.69) is 152 Å². The van der Waals surface area contributed by atoms with E-state index in [-0.39, 0.29) is 82.8 Å². The van der Waals surface area contributed by atoms with E-state index in [9.17, 15) is 48.3 Å². The minimum Gasteiger partial charge on any atom is -0.384 e. The van der Waals surface area contributed by atoms with E-state index in [4.69, 9.17) is 14.2 Å². The normalized spacial score (nSPS) is 17.3. The van der Waals surface area contributed by atoms with Crippen LogP contribution in [0, 0.1) is 82.7 Å². The molecule has 0 spiro atoms. The fraction of sp³-hybridized carbons (Fsp3) is 1.00. The maximum Gasteiger partial charge on any atom is 0.245 e. The molecule has 1 aliphatic carbocycles. The molecule has 6 unspecified atom stereocenters. The molecule has 2 rings (SSSR count). The van der Waals surface area contributed by atoms with E-state index in [1.165, 1.54) is 33.3 Å². The van der Waals surface area contributed by atoms with Gasteiger partial charge in [0.2, 0.25) is 5.92 Å². The average molecular weight is 1540 g/mol. The Morgan fingerprint density at radius 1 is 0.381 bits per heavy atom. The maximum absolute atomic E-state index is 13.5. The summed E-state index contributed by atoms with van der Waals surface area (Å²) >= 11 is 0. The van der Waals surface area contributed by atoms with Crippen LogP contribution in [0.5, 0.6) is 0 Å². The summed E-state index contributed by atoms with van der Waals surface area (Å²) in [6, 6.07) is 0. The minimum absolute atomic E-state index is 0. The Morgan fingerprint density at radius 3 is 0.810 bits per heavy atom. The van der Waals surface area contributed by atoms with Crippen molar-refractivity contribution in [3.8, 4) is 0 Å². The number of alkyl halides is 11. The van der Waals surface area contributed by atoms with Gasteiger partial charge in [0.05, 0.1) is 26.5 Å². The first-order valence-corrected chi connectivity index (χ1v) is 39.5. The lowest BCUT2D eigenvalue weighted by Crippen LogP contribution is -2.42. The van der Waals surface area contributed by atoms with Crippen molar-refractivity contribution in [2.75, 3.05) is 60.7 Å². The van der Waals surface area contributed by atoms with Gasteiger partial charge in [0.25, 0.3) is 0 Å². The highest BCUT2D eigenvalue weighted by atomic mass is 19.3. The first-order chi connectivity index (χ1) is 44.8. The zero-order valence-electron chi connectivity index (χ0n) is 78.5. The van der Waals surface area contributed by atoms with Gasteiger partial charge in [-0.2, -0.15) is 0 Å². The van der Waals surface area contributed by atoms with Gasteiger partial charge in [-0.1, -0.05) is 277 Å². The Kier molecular flexibility index (Phi) is 62.5. The predicted octanol–water partition coefficient (Wildman–Crippen LogP) is 33.3. The van der Waals surface area contributed by atoms with E-state index >= 15 is 0 Å². The molecule has 6 atom stereocenters. The van der Waals surface area contributed by atoms with Crippen molar-refractivity contribution in [1.29, 1.82) is 0 Å². The van der Waals surface area contributed by atoms with Crippen LogP contribution < -0.4 is 0 Å². The molecule has 1 aliphatic heterocycles. The van der Waals surface area contributed by atoms with Crippen LogP contribution in [-0.2, 0) is 14.2 Å². The van der Waals surface area contributed by atoms with E-state index < -0.39 is 53.8 Å². The van der Waals surface area contributed by atoms with E-state index in [1.54, 1.807) is 34.8 Å². The fourth-order valence-electron chi connectivity index (χ4n) is 13.6. The smallest absolute Gasteiger partial charge is 0.245 e. The summed E-state index contributed by atoms with van der Waals surface area (Å²) in [5, 5.41) is 0. The second-order valence-electron chi connectivity index (χ2n) is 47.1. The summed E-state index contributed by atoms with van der Waals surface area (Å²) in [6.07, 6.45) is 8.84. The van der Waals surface area contributed by atoms with Gasteiger partial charge in [-0.05, 0) is 202 Å². The van der Waals surface area contributed by atoms with Crippen molar-refractivity contribution in [3.05, 3.63) is 0 Å². The zero-order valence-corrected chi connectivity index (χ0v) is 78.5. The Bertz CT molecular complexity index is 1820. The molecule has 1 saturated heterocycles. The molecule has 2 aliphatic rings. The molecule has 3 nitrogen and oxygen atoms in total. The molecule has 0 aromatic heterocycles. The van der Waals surface area contributed by atoms with Gasteiger partial charge in [-0.25, -0.2) is 43.9 Å².